The fraction of sp³-hybridized carbons (Fsp3) is 0.167. The lowest BCUT2D eigenvalue weighted by atomic mass is 10.2. The van der Waals surface area contributed by atoms with Crippen LogP contribution in [0.4, 0.5) is 5.69 Å². The van der Waals surface area contributed by atoms with E-state index in [2.05, 4.69) is 31.2 Å². The number of aryl methyl sites for hydroxylation is 1. The summed E-state index contributed by atoms with van der Waals surface area (Å²) in [6, 6.07) is 15.4. The maximum Gasteiger partial charge on any atom is 0.237 e. The van der Waals surface area contributed by atoms with E-state index >= 15 is 0 Å². The van der Waals surface area contributed by atoms with Gasteiger partial charge in [0.2, 0.25) is 5.91 Å². The van der Waals surface area contributed by atoms with Crippen LogP contribution in [0.2, 0.25) is 0 Å². The molecule has 1 aromatic heterocycles. The largest absolute Gasteiger partial charge is 0.325 e. The van der Waals surface area contributed by atoms with E-state index in [9.17, 15) is 4.79 Å². The molecule has 0 fully saturated rings. The zero-order chi connectivity index (χ0) is 17.1. The van der Waals surface area contributed by atoms with E-state index in [0.29, 0.717) is 5.82 Å². The summed E-state index contributed by atoms with van der Waals surface area (Å²) >= 11 is 4.85. The summed E-state index contributed by atoms with van der Waals surface area (Å²) in [6.07, 6.45) is 0. The van der Waals surface area contributed by atoms with Crippen molar-refractivity contribution in [2.24, 2.45) is 0 Å². The number of benzene rings is 2. The number of anilines is 1. The maximum absolute atomic E-state index is 12.5. The molecule has 0 radical (unpaired) electrons. The first-order valence-corrected chi connectivity index (χ1v) is 9.16. The number of carbonyl (C=O) groups is 1. The summed E-state index contributed by atoms with van der Waals surface area (Å²) in [7, 11) is 0. The SMILES string of the molecule is Cc1nc(S[C@H](C)C(=O)Nc2cccc(Br)c2)c2ccccc2n1. The first-order chi connectivity index (χ1) is 11.5. The molecule has 3 rings (SSSR count). The standard InChI is InChI=1S/C18H16BrN3OS/c1-11(17(23)22-14-7-5-6-13(19)10-14)24-18-15-8-3-4-9-16(15)20-12(2)21-18/h3-11H,1-2H3,(H,22,23)/t11-/m1/s1. The number of halogens is 1. The normalized spacial score (nSPS) is 12.1. The number of fused-ring (bicyclic) bond motifs is 1. The van der Waals surface area contributed by atoms with Crippen LogP contribution in [-0.4, -0.2) is 21.1 Å². The van der Waals surface area contributed by atoms with Gasteiger partial charge in [-0.2, -0.15) is 0 Å². The number of thioether (sulfide) groups is 1. The summed E-state index contributed by atoms with van der Waals surface area (Å²) in [5.41, 5.74) is 1.66. The van der Waals surface area contributed by atoms with Crippen molar-refractivity contribution in [2.75, 3.05) is 5.32 Å². The van der Waals surface area contributed by atoms with Gasteiger partial charge in [0.15, 0.2) is 0 Å². The Bertz CT molecular complexity index is 900. The lowest BCUT2D eigenvalue weighted by Crippen LogP contribution is -2.22. The van der Waals surface area contributed by atoms with Gasteiger partial charge in [-0.3, -0.25) is 4.79 Å². The molecule has 0 aliphatic rings. The van der Waals surface area contributed by atoms with Crippen LogP contribution in [0, 0.1) is 6.92 Å². The van der Waals surface area contributed by atoms with E-state index in [1.54, 1.807) is 0 Å². The minimum absolute atomic E-state index is 0.0570. The number of carbonyl (C=O) groups excluding carboxylic acids is 1. The fourth-order valence-electron chi connectivity index (χ4n) is 2.28. The Morgan fingerprint density at radius 1 is 1.17 bits per heavy atom. The molecular formula is C18H16BrN3OS. The number of amides is 1. The Morgan fingerprint density at radius 3 is 2.75 bits per heavy atom. The van der Waals surface area contributed by atoms with E-state index in [4.69, 9.17) is 0 Å². The predicted molar refractivity (Wildman–Crippen MR) is 102 cm³/mol. The zero-order valence-electron chi connectivity index (χ0n) is 13.3. The van der Waals surface area contributed by atoms with Gasteiger partial charge in [0.1, 0.15) is 10.9 Å². The zero-order valence-corrected chi connectivity index (χ0v) is 15.7. The third kappa shape index (κ3) is 3.94. The average molecular weight is 402 g/mol. The van der Waals surface area contributed by atoms with Gasteiger partial charge in [0, 0.05) is 15.5 Å². The molecule has 3 aromatic rings. The van der Waals surface area contributed by atoms with Crippen molar-refractivity contribution in [1.29, 1.82) is 0 Å². The molecule has 0 saturated heterocycles. The lowest BCUT2D eigenvalue weighted by Gasteiger charge is -2.13. The van der Waals surface area contributed by atoms with Crippen molar-refractivity contribution in [2.45, 2.75) is 24.1 Å². The number of rotatable bonds is 4. The molecule has 24 heavy (non-hydrogen) atoms. The summed E-state index contributed by atoms with van der Waals surface area (Å²) in [5, 5.41) is 4.45. The van der Waals surface area contributed by atoms with Crippen molar-refractivity contribution in [1.82, 2.24) is 9.97 Å². The van der Waals surface area contributed by atoms with Crippen LogP contribution in [0.25, 0.3) is 10.9 Å². The van der Waals surface area contributed by atoms with E-state index in [-0.39, 0.29) is 11.2 Å². The highest BCUT2D eigenvalue weighted by molar-refractivity contribution is 9.10. The van der Waals surface area contributed by atoms with Gasteiger partial charge in [-0.15, -0.1) is 0 Å². The predicted octanol–water partition coefficient (Wildman–Crippen LogP) is 4.82. The molecule has 1 atom stereocenters. The fourth-order valence-corrected chi connectivity index (χ4v) is 3.66. The number of nitrogens with zero attached hydrogens (tertiary/aromatic N) is 2. The summed E-state index contributed by atoms with van der Waals surface area (Å²) < 4.78 is 0.929. The number of para-hydroxylation sites is 1. The van der Waals surface area contributed by atoms with Crippen LogP contribution in [0.15, 0.2) is 58.0 Å². The highest BCUT2D eigenvalue weighted by Crippen LogP contribution is 2.29. The molecule has 0 spiro atoms. The van der Waals surface area contributed by atoms with E-state index in [1.807, 2.05) is 62.4 Å². The van der Waals surface area contributed by atoms with Gasteiger partial charge in [0.05, 0.1) is 10.8 Å². The molecule has 122 valence electrons. The molecular weight excluding hydrogens is 386 g/mol. The smallest absolute Gasteiger partial charge is 0.237 e. The molecule has 0 bridgehead atoms. The van der Waals surface area contributed by atoms with Crippen molar-refractivity contribution in [3.05, 3.63) is 58.8 Å². The van der Waals surface area contributed by atoms with Crippen LogP contribution in [0.5, 0.6) is 0 Å². The summed E-state index contributed by atoms with van der Waals surface area (Å²) in [5.74, 6) is 0.647. The van der Waals surface area contributed by atoms with Crippen molar-refractivity contribution < 1.29 is 4.79 Å². The first-order valence-electron chi connectivity index (χ1n) is 7.49. The van der Waals surface area contributed by atoms with Crippen molar-refractivity contribution >= 4 is 50.2 Å². The van der Waals surface area contributed by atoms with Gasteiger partial charge >= 0.3 is 0 Å². The molecule has 0 aliphatic heterocycles. The summed E-state index contributed by atoms with van der Waals surface area (Å²) in [6.45, 7) is 3.74. The number of hydrogen-bond acceptors (Lipinski definition) is 4. The van der Waals surface area contributed by atoms with E-state index in [1.165, 1.54) is 11.8 Å². The molecule has 0 unspecified atom stereocenters. The second-order valence-corrected chi connectivity index (χ2v) is 7.60. The Hall–Kier alpha value is -1.92. The molecule has 0 aliphatic carbocycles. The molecule has 4 nitrogen and oxygen atoms in total. The third-order valence-corrected chi connectivity index (χ3v) is 5.03. The second kappa shape index (κ2) is 7.32. The van der Waals surface area contributed by atoms with E-state index < -0.39 is 0 Å². The monoisotopic (exact) mass is 401 g/mol. The quantitative estimate of drug-likeness (QED) is 0.502. The van der Waals surface area contributed by atoms with Gasteiger partial charge in [-0.1, -0.05) is 52.0 Å². The molecule has 6 heteroatoms. The number of hydrogen-bond donors (Lipinski definition) is 1. The topological polar surface area (TPSA) is 54.9 Å². The highest BCUT2D eigenvalue weighted by atomic mass is 79.9. The van der Waals surface area contributed by atoms with Gasteiger partial charge in [-0.05, 0) is 38.1 Å². The van der Waals surface area contributed by atoms with Crippen LogP contribution in [0.3, 0.4) is 0 Å². The van der Waals surface area contributed by atoms with E-state index in [0.717, 1.165) is 26.1 Å². The van der Waals surface area contributed by atoms with Crippen LogP contribution >= 0.6 is 27.7 Å². The Kier molecular flexibility index (Phi) is 5.16. The maximum atomic E-state index is 12.5. The van der Waals surface area contributed by atoms with Gasteiger partial charge in [0.25, 0.3) is 0 Å². The second-order valence-electron chi connectivity index (χ2n) is 5.35. The highest BCUT2D eigenvalue weighted by Gasteiger charge is 2.17. The lowest BCUT2D eigenvalue weighted by molar-refractivity contribution is -0.115. The van der Waals surface area contributed by atoms with Gasteiger partial charge < -0.3 is 5.32 Å². The average Bonchev–Trinajstić information content (AvgIpc) is 2.54. The molecule has 0 saturated carbocycles. The van der Waals surface area contributed by atoms with Crippen molar-refractivity contribution in [3.8, 4) is 0 Å². The third-order valence-electron chi connectivity index (χ3n) is 3.43. The minimum atomic E-state index is -0.276. The summed E-state index contributed by atoms with van der Waals surface area (Å²) in [4.78, 5) is 21.4. The van der Waals surface area contributed by atoms with Crippen LogP contribution < -0.4 is 5.32 Å². The molecule has 2 aromatic carbocycles. The number of nitrogens with one attached hydrogen (secondary N) is 1. The Labute approximate surface area is 153 Å². The Balaban J connectivity index is 1.79. The molecule has 1 N–H and O–H groups in total. The number of aromatic nitrogens is 2. The molecule has 1 heterocycles. The Morgan fingerprint density at radius 2 is 1.96 bits per heavy atom. The first kappa shape index (κ1) is 16.9. The minimum Gasteiger partial charge on any atom is -0.325 e. The van der Waals surface area contributed by atoms with Crippen LogP contribution in [-0.2, 0) is 4.79 Å². The molecule has 1 amide bonds. The van der Waals surface area contributed by atoms with Crippen LogP contribution in [0.1, 0.15) is 12.7 Å². The van der Waals surface area contributed by atoms with Crippen molar-refractivity contribution in [3.63, 3.8) is 0 Å². The van der Waals surface area contributed by atoms with Gasteiger partial charge in [-0.25, -0.2) is 9.97 Å².